The molecule has 22 heavy (non-hydrogen) atoms. The summed E-state index contributed by atoms with van der Waals surface area (Å²) in [6.07, 6.45) is 0. The van der Waals surface area contributed by atoms with Gasteiger partial charge in [-0.1, -0.05) is 48.5 Å². The topological polar surface area (TPSA) is 35.6 Å². The second kappa shape index (κ2) is 4.18. The van der Waals surface area contributed by atoms with Gasteiger partial charge in [0.15, 0.2) is 0 Å². The Bertz CT molecular complexity index is 1080. The largest absolute Gasteiger partial charge is 0.230 e. The molecule has 0 N–H and O–H groups in total. The van der Waals surface area contributed by atoms with Crippen LogP contribution in [0.3, 0.4) is 0 Å². The lowest BCUT2D eigenvalue weighted by Crippen LogP contribution is -2.10. The summed E-state index contributed by atoms with van der Waals surface area (Å²) in [5.41, 5.74) is 4.14. The van der Waals surface area contributed by atoms with E-state index in [0.29, 0.717) is 0 Å². The summed E-state index contributed by atoms with van der Waals surface area (Å²) in [4.78, 5) is 1.88. The van der Waals surface area contributed by atoms with Crippen LogP contribution in [0.25, 0.3) is 32.8 Å². The minimum absolute atomic E-state index is 0.893. The molecule has 0 saturated heterocycles. The lowest BCUT2D eigenvalue weighted by Gasteiger charge is -2.07. The quantitative estimate of drug-likeness (QED) is 0.468. The van der Waals surface area contributed by atoms with Crippen molar-refractivity contribution in [2.24, 2.45) is 0 Å². The monoisotopic (exact) mass is 284 g/mol. The highest BCUT2D eigenvalue weighted by Crippen LogP contribution is 2.29. The van der Waals surface area contributed by atoms with Crippen molar-refractivity contribution in [3.63, 3.8) is 0 Å². The van der Waals surface area contributed by atoms with E-state index in [4.69, 9.17) is 0 Å². The van der Waals surface area contributed by atoms with Gasteiger partial charge in [0.05, 0.1) is 11.0 Å². The van der Waals surface area contributed by atoms with E-state index in [9.17, 15) is 0 Å². The fourth-order valence-electron chi connectivity index (χ4n) is 3.11. The van der Waals surface area contributed by atoms with E-state index >= 15 is 0 Å². The summed E-state index contributed by atoms with van der Waals surface area (Å²) in [6.45, 7) is 0. The van der Waals surface area contributed by atoms with Crippen molar-refractivity contribution in [2.45, 2.75) is 0 Å². The van der Waals surface area contributed by atoms with Crippen LogP contribution in [0.15, 0.2) is 72.8 Å². The maximum absolute atomic E-state index is 4.37. The van der Waals surface area contributed by atoms with E-state index in [0.717, 1.165) is 22.1 Å². The molecule has 0 aliphatic heterocycles. The average Bonchev–Trinajstić information content (AvgIpc) is 3.14. The first-order chi connectivity index (χ1) is 10.9. The summed E-state index contributed by atoms with van der Waals surface area (Å²) < 4.78 is 2.12. The van der Waals surface area contributed by atoms with E-state index < -0.39 is 0 Å². The predicted molar refractivity (Wildman–Crippen MR) is 87.8 cm³/mol. The molecule has 0 amide bonds. The molecular weight excluding hydrogens is 272 g/mol. The molecule has 5 aromatic rings. The molecule has 0 atom stereocenters. The zero-order valence-corrected chi connectivity index (χ0v) is 11.7. The molecule has 0 aliphatic carbocycles. The van der Waals surface area contributed by atoms with Gasteiger partial charge in [0.1, 0.15) is 11.0 Å². The Morgan fingerprint density at radius 1 is 0.591 bits per heavy atom. The van der Waals surface area contributed by atoms with Gasteiger partial charge in [-0.3, -0.25) is 0 Å². The molecule has 4 nitrogen and oxygen atoms in total. The summed E-state index contributed by atoms with van der Waals surface area (Å²) in [5, 5.41) is 11.1. The number of benzene rings is 3. The molecule has 0 bridgehead atoms. The molecule has 0 saturated carbocycles. The lowest BCUT2D eigenvalue weighted by atomic mass is 10.2. The van der Waals surface area contributed by atoms with Gasteiger partial charge in [0, 0.05) is 10.8 Å². The van der Waals surface area contributed by atoms with Crippen LogP contribution in [0.1, 0.15) is 0 Å². The van der Waals surface area contributed by atoms with Crippen molar-refractivity contribution in [3.8, 4) is 0 Å². The van der Waals surface area contributed by atoms with Gasteiger partial charge in [-0.15, -0.1) is 9.89 Å². The normalized spacial score (nSPS) is 11.6. The van der Waals surface area contributed by atoms with Crippen molar-refractivity contribution >= 4 is 32.8 Å². The van der Waals surface area contributed by atoms with E-state index in [1.165, 1.54) is 10.8 Å². The zero-order chi connectivity index (χ0) is 14.5. The second-order valence-corrected chi connectivity index (χ2v) is 5.31. The van der Waals surface area contributed by atoms with Crippen LogP contribution in [-0.4, -0.2) is 19.8 Å². The van der Waals surface area contributed by atoms with Gasteiger partial charge in [0.2, 0.25) is 0 Å². The Labute approximate surface area is 126 Å². The van der Waals surface area contributed by atoms with Crippen molar-refractivity contribution in [3.05, 3.63) is 72.8 Å². The van der Waals surface area contributed by atoms with Crippen LogP contribution in [0.5, 0.6) is 0 Å². The Morgan fingerprint density at radius 2 is 1.14 bits per heavy atom. The van der Waals surface area contributed by atoms with Crippen molar-refractivity contribution in [2.75, 3.05) is 0 Å². The molecule has 0 spiro atoms. The number of hydrogen-bond acceptors (Lipinski definition) is 2. The molecule has 0 radical (unpaired) electrons. The molecule has 2 aromatic heterocycles. The first kappa shape index (κ1) is 11.5. The maximum atomic E-state index is 4.37. The first-order valence-electron chi connectivity index (χ1n) is 7.23. The van der Waals surface area contributed by atoms with Gasteiger partial charge in [-0.25, -0.2) is 4.68 Å². The van der Waals surface area contributed by atoms with Gasteiger partial charge in [-0.2, -0.15) is 0 Å². The number of aromatic nitrogens is 4. The first-order valence-corrected chi connectivity index (χ1v) is 7.23. The van der Waals surface area contributed by atoms with Crippen molar-refractivity contribution < 1.29 is 0 Å². The third-order valence-electron chi connectivity index (χ3n) is 4.08. The standard InChI is InChI=1S/C18H12N4/c1-4-10-16-13(7-1)14-8-2-5-11-17(14)21(16)22-18-12-6-3-9-15(18)19-20-22/h1-12H. The van der Waals surface area contributed by atoms with Gasteiger partial charge < -0.3 is 0 Å². The third-order valence-corrected chi connectivity index (χ3v) is 4.08. The highest BCUT2D eigenvalue weighted by atomic mass is 15.6. The summed E-state index contributed by atoms with van der Waals surface area (Å²) in [7, 11) is 0. The molecule has 2 heterocycles. The van der Waals surface area contributed by atoms with Crippen LogP contribution in [-0.2, 0) is 0 Å². The summed E-state index contributed by atoms with van der Waals surface area (Å²) in [6, 6.07) is 24.8. The van der Waals surface area contributed by atoms with Crippen LogP contribution >= 0.6 is 0 Å². The average molecular weight is 284 g/mol. The molecular formula is C18H12N4. The van der Waals surface area contributed by atoms with Gasteiger partial charge in [-0.05, 0) is 29.5 Å². The Balaban J connectivity index is 2.02. The molecule has 3 aromatic carbocycles. The van der Waals surface area contributed by atoms with E-state index in [1.807, 2.05) is 29.1 Å². The number of rotatable bonds is 1. The smallest absolute Gasteiger partial charge is 0.115 e. The van der Waals surface area contributed by atoms with E-state index in [1.54, 1.807) is 0 Å². The number of hydrogen-bond donors (Lipinski definition) is 0. The lowest BCUT2D eigenvalue weighted by molar-refractivity contribution is 0.606. The molecule has 4 heteroatoms. The highest BCUT2D eigenvalue weighted by molar-refractivity contribution is 6.08. The van der Waals surface area contributed by atoms with E-state index in [2.05, 4.69) is 63.5 Å². The Hall–Kier alpha value is -3.14. The zero-order valence-electron chi connectivity index (χ0n) is 11.7. The Morgan fingerprint density at radius 3 is 1.82 bits per heavy atom. The van der Waals surface area contributed by atoms with E-state index in [-0.39, 0.29) is 0 Å². The van der Waals surface area contributed by atoms with Crippen molar-refractivity contribution in [1.29, 1.82) is 0 Å². The highest BCUT2D eigenvalue weighted by Gasteiger charge is 2.13. The molecule has 0 aliphatic rings. The second-order valence-electron chi connectivity index (χ2n) is 5.31. The van der Waals surface area contributed by atoms with Crippen LogP contribution < -0.4 is 0 Å². The maximum Gasteiger partial charge on any atom is 0.115 e. The number of nitrogens with zero attached hydrogens (tertiary/aromatic N) is 4. The molecule has 0 unspecified atom stereocenters. The molecule has 104 valence electrons. The summed E-state index contributed by atoms with van der Waals surface area (Å²) in [5.74, 6) is 0. The van der Waals surface area contributed by atoms with Crippen LogP contribution in [0.2, 0.25) is 0 Å². The Kier molecular flexibility index (Phi) is 2.19. The van der Waals surface area contributed by atoms with Gasteiger partial charge in [0.25, 0.3) is 0 Å². The SMILES string of the molecule is c1ccc2c(c1)nnn2-n1c2ccccc2c2ccccc21. The molecule has 5 rings (SSSR count). The minimum atomic E-state index is 0.893. The number of fused-ring (bicyclic) bond motifs is 4. The number of para-hydroxylation sites is 3. The predicted octanol–water partition coefficient (Wildman–Crippen LogP) is 3.85. The fourth-order valence-corrected chi connectivity index (χ4v) is 3.11. The van der Waals surface area contributed by atoms with Crippen LogP contribution in [0.4, 0.5) is 0 Å². The van der Waals surface area contributed by atoms with Crippen LogP contribution in [0, 0.1) is 0 Å². The summed E-state index contributed by atoms with van der Waals surface area (Å²) >= 11 is 0. The third kappa shape index (κ3) is 1.41. The molecule has 0 fully saturated rings. The van der Waals surface area contributed by atoms with Gasteiger partial charge >= 0.3 is 0 Å². The minimum Gasteiger partial charge on any atom is -0.230 e. The fraction of sp³-hybridized carbons (Fsp3) is 0. The van der Waals surface area contributed by atoms with Crippen molar-refractivity contribution in [1.82, 2.24) is 19.8 Å².